The summed E-state index contributed by atoms with van der Waals surface area (Å²) in [5, 5.41) is 4.09. The first-order valence-corrected chi connectivity index (χ1v) is 5.04. The van der Waals surface area contributed by atoms with Gasteiger partial charge in [-0.1, -0.05) is 16.8 Å². The van der Waals surface area contributed by atoms with Crippen molar-refractivity contribution in [3.05, 3.63) is 17.2 Å². The number of aromatic nitrogens is 2. The monoisotopic (exact) mass is 255 g/mol. The minimum absolute atomic E-state index is 0.00842. The highest BCUT2D eigenvalue weighted by Gasteiger charge is 2.14. The molecule has 2 N–H and O–H groups in total. The SMILES string of the molecule is COc1cc(-c2noc(N)n2)cc(Cl)c1OC. The van der Waals surface area contributed by atoms with Gasteiger partial charge in [0.15, 0.2) is 11.5 Å². The van der Waals surface area contributed by atoms with E-state index >= 15 is 0 Å². The van der Waals surface area contributed by atoms with Crippen molar-refractivity contribution < 1.29 is 14.0 Å². The number of benzene rings is 1. The zero-order valence-corrected chi connectivity index (χ0v) is 9.99. The van der Waals surface area contributed by atoms with Gasteiger partial charge in [-0.3, -0.25) is 0 Å². The van der Waals surface area contributed by atoms with Crippen LogP contribution >= 0.6 is 11.6 Å². The van der Waals surface area contributed by atoms with E-state index in [-0.39, 0.29) is 6.01 Å². The van der Waals surface area contributed by atoms with Crippen LogP contribution in [0.3, 0.4) is 0 Å². The lowest BCUT2D eigenvalue weighted by Gasteiger charge is -2.10. The van der Waals surface area contributed by atoms with Gasteiger partial charge in [0, 0.05) is 5.56 Å². The third-order valence-corrected chi connectivity index (χ3v) is 2.41. The van der Waals surface area contributed by atoms with Gasteiger partial charge in [0.05, 0.1) is 19.2 Å². The maximum absolute atomic E-state index is 6.05. The lowest BCUT2D eigenvalue weighted by molar-refractivity contribution is 0.355. The molecule has 2 rings (SSSR count). The van der Waals surface area contributed by atoms with Crippen LogP contribution in [0.15, 0.2) is 16.7 Å². The van der Waals surface area contributed by atoms with Crippen molar-refractivity contribution in [3.63, 3.8) is 0 Å². The molecule has 0 saturated heterocycles. The van der Waals surface area contributed by atoms with Gasteiger partial charge in [0.25, 0.3) is 0 Å². The Morgan fingerprint density at radius 1 is 1.29 bits per heavy atom. The summed E-state index contributed by atoms with van der Waals surface area (Å²) >= 11 is 6.05. The number of nitrogens with zero attached hydrogens (tertiary/aromatic N) is 2. The maximum atomic E-state index is 6.05. The molecule has 7 heteroatoms. The first kappa shape index (κ1) is 11.5. The molecule has 0 amide bonds. The maximum Gasteiger partial charge on any atom is 0.319 e. The molecule has 0 atom stereocenters. The summed E-state index contributed by atoms with van der Waals surface area (Å²) in [6, 6.07) is 3.33. The van der Waals surface area contributed by atoms with E-state index < -0.39 is 0 Å². The van der Waals surface area contributed by atoms with Crippen molar-refractivity contribution in [2.24, 2.45) is 0 Å². The smallest absolute Gasteiger partial charge is 0.319 e. The summed E-state index contributed by atoms with van der Waals surface area (Å²) in [6.45, 7) is 0. The molecule has 17 heavy (non-hydrogen) atoms. The number of nitrogen functional groups attached to an aromatic ring is 1. The van der Waals surface area contributed by atoms with Crippen LogP contribution in [-0.2, 0) is 0 Å². The van der Waals surface area contributed by atoms with Crippen LogP contribution in [0.2, 0.25) is 5.02 Å². The summed E-state index contributed by atoms with van der Waals surface area (Å²) < 4.78 is 15.0. The summed E-state index contributed by atoms with van der Waals surface area (Å²) in [5.41, 5.74) is 5.98. The van der Waals surface area contributed by atoms with Crippen LogP contribution < -0.4 is 15.2 Å². The van der Waals surface area contributed by atoms with E-state index in [0.717, 1.165) is 0 Å². The molecule has 0 aliphatic carbocycles. The highest BCUT2D eigenvalue weighted by molar-refractivity contribution is 6.32. The predicted octanol–water partition coefficient (Wildman–Crippen LogP) is 1.99. The lowest BCUT2D eigenvalue weighted by atomic mass is 10.2. The molecule has 0 bridgehead atoms. The van der Waals surface area contributed by atoms with E-state index in [0.29, 0.717) is 27.9 Å². The minimum Gasteiger partial charge on any atom is -0.493 e. The topological polar surface area (TPSA) is 83.4 Å². The van der Waals surface area contributed by atoms with E-state index in [1.54, 1.807) is 12.1 Å². The Hall–Kier alpha value is -1.95. The van der Waals surface area contributed by atoms with Crippen molar-refractivity contribution in [3.8, 4) is 22.9 Å². The van der Waals surface area contributed by atoms with Crippen molar-refractivity contribution in [1.82, 2.24) is 10.1 Å². The van der Waals surface area contributed by atoms with Crippen LogP contribution in [0.4, 0.5) is 6.01 Å². The van der Waals surface area contributed by atoms with E-state index in [1.165, 1.54) is 14.2 Å². The van der Waals surface area contributed by atoms with Gasteiger partial charge in [-0.05, 0) is 12.1 Å². The van der Waals surface area contributed by atoms with E-state index in [4.69, 9.17) is 31.3 Å². The molecule has 0 radical (unpaired) electrons. The van der Waals surface area contributed by atoms with Crippen molar-refractivity contribution in [2.45, 2.75) is 0 Å². The fraction of sp³-hybridized carbons (Fsp3) is 0.200. The number of hydrogen-bond acceptors (Lipinski definition) is 6. The number of anilines is 1. The lowest BCUT2D eigenvalue weighted by Crippen LogP contribution is -1.93. The van der Waals surface area contributed by atoms with Gasteiger partial charge in [-0.25, -0.2) is 0 Å². The van der Waals surface area contributed by atoms with E-state index in [1.807, 2.05) is 0 Å². The average Bonchev–Trinajstić information content (AvgIpc) is 2.74. The third kappa shape index (κ3) is 2.12. The molecular weight excluding hydrogens is 246 g/mol. The molecule has 90 valence electrons. The molecule has 1 aromatic carbocycles. The largest absolute Gasteiger partial charge is 0.493 e. The molecule has 0 unspecified atom stereocenters. The Balaban J connectivity index is 2.53. The second-order valence-corrected chi connectivity index (χ2v) is 3.56. The van der Waals surface area contributed by atoms with Crippen LogP contribution in [0.5, 0.6) is 11.5 Å². The van der Waals surface area contributed by atoms with Gasteiger partial charge in [0.1, 0.15) is 0 Å². The highest BCUT2D eigenvalue weighted by Crippen LogP contribution is 2.38. The zero-order chi connectivity index (χ0) is 12.4. The number of rotatable bonds is 3. The fourth-order valence-electron chi connectivity index (χ4n) is 1.40. The van der Waals surface area contributed by atoms with Crippen LogP contribution in [-0.4, -0.2) is 24.4 Å². The van der Waals surface area contributed by atoms with Gasteiger partial charge in [-0.2, -0.15) is 4.98 Å². The van der Waals surface area contributed by atoms with E-state index in [2.05, 4.69) is 10.1 Å². The Bertz CT molecular complexity index is 542. The van der Waals surface area contributed by atoms with E-state index in [9.17, 15) is 0 Å². The molecule has 0 aliphatic rings. The van der Waals surface area contributed by atoms with Crippen molar-refractivity contribution in [1.29, 1.82) is 0 Å². The Kier molecular flexibility index (Phi) is 3.06. The highest BCUT2D eigenvalue weighted by atomic mass is 35.5. The number of halogens is 1. The molecular formula is C10H10ClN3O3. The Morgan fingerprint density at radius 3 is 2.59 bits per heavy atom. The molecule has 0 spiro atoms. The zero-order valence-electron chi connectivity index (χ0n) is 9.23. The average molecular weight is 256 g/mol. The van der Waals surface area contributed by atoms with Gasteiger partial charge >= 0.3 is 6.01 Å². The number of hydrogen-bond donors (Lipinski definition) is 1. The van der Waals surface area contributed by atoms with Gasteiger partial charge < -0.3 is 19.7 Å². The fourth-order valence-corrected chi connectivity index (χ4v) is 1.69. The molecule has 0 fully saturated rings. The summed E-state index contributed by atoms with van der Waals surface area (Å²) in [6.07, 6.45) is 0. The predicted molar refractivity (Wildman–Crippen MR) is 62.3 cm³/mol. The standard InChI is InChI=1S/C10H10ClN3O3/c1-15-7-4-5(3-6(11)8(7)16-2)9-13-10(12)17-14-9/h3-4H,1-2H3,(H2,12,13,14). The van der Waals surface area contributed by atoms with Crippen LogP contribution in [0.1, 0.15) is 0 Å². The minimum atomic E-state index is -0.00842. The number of nitrogens with two attached hydrogens (primary N) is 1. The van der Waals surface area contributed by atoms with Gasteiger partial charge in [0.2, 0.25) is 5.82 Å². The molecule has 1 heterocycles. The van der Waals surface area contributed by atoms with Gasteiger partial charge in [-0.15, -0.1) is 0 Å². The second-order valence-electron chi connectivity index (χ2n) is 3.15. The third-order valence-electron chi connectivity index (χ3n) is 2.13. The van der Waals surface area contributed by atoms with Crippen molar-refractivity contribution in [2.75, 3.05) is 20.0 Å². The quantitative estimate of drug-likeness (QED) is 0.903. The second kappa shape index (κ2) is 4.50. The number of methoxy groups -OCH3 is 2. The molecule has 6 nitrogen and oxygen atoms in total. The van der Waals surface area contributed by atoms with Crippen molar-refractivity contribution >= 4 is 17.6 Å². The normalized spacial score (nSPS) is 10.3. The Morgan fingerprint density at radius 2 is 2.06 bits per heavy atom. The summed E-state index contributed by atoms with van der Waals surface area (Å²) in [5.74, 6) is 1.28. The molecule has 0 saturated carbocycles. The molecule has 2 aromatic rings. The summed E-state index contributed by atoms with van der Waals surface area (Å²) in [4.78, 5) is 3.90. The first-order chi connectivity index (χ1) is 8.15. The van der Waals surface area contributed by atoms with Crippen LogP contribution in [0, 0.1) is 0 Å². The first-order valence-electron chi connectivity index (χ1n) is 4.66. The Labute approximate surface area is 102 Å². The summed E-state index contributed by atoms with van der Waals surface area (Å²) in [7, 11) is 3.03. The number of ether oxygens (including phenoxy) is 2. The molecule has 0 aliphatic heterocycles. The molecule has 1 aromatic heterocycles. The van der Waals surface area contributed by atoms with Crippen LogP contribution in [0.25, 0.3) is 11.4 Å².